The highest BCUT2D eigenvalue weighted by molar-refractivity contribution is 5.88. The smallest absolute Gasteiger partial charge is 0.353 e. The number of anilines is 3. The summed E-state index contributed by atoms with van der Waals surface area (Å²) in [5.74, 6) is -0.805. The lowest BCUT2D eigenvalue weighted by molar-refractivity contribution is -0.383. The van der Waals surface area contributed by atoms with Crippen molar-refractivity contribution in [1.29, 1.82) is 0 Å². The Morgan fingerprint density at radius 2 is 1.33 bits per heavy atom. The van der Waals surface area contributed by atoms with Gasteiger partial charge in [0.25, 0.3) is 0 Å². The van der Waals surface area contributed by atoms with Crippen molar-refractivity contribution in [2.24, 2.45) is 0 Å². The molecule has 2 rings (SSSR count). The van der Waals surface area contributed by atoms with E-state index < -0.39 is 10.9 Å². The van der Waals surface area contributed by atoms with Gasteiger partial charge in [-0.1, -0.05) is 90.4 Å². The van der Waals surface area contributed by atoms with Gasteiger partial charge < -0.3 is 15.7 Å². The summed E-state index contributed by atoms with van der Waals surface area (Å²) in [6.07, 6.45) is 19.2. The average molecular weight is 500 g/mol. The zero-order valence-electron chi connectivity index (χ0n) is 21.5. The summed E-state index contributed by atoms with van der Waals surface area (Å²) in [4.78, 5) is 30.3. The summed E-state index contributed by atoms with van der Waals surface area (Å²) in [6, 6.07) is 5.92. The van der Waals surface area contributed by atoms with Crippen LogP contribution in [0.2, 0.25) is 0 Å². The molecule has 0 fully saturated rings. The van der Waals surface area contributed by atoms with Gasteiger partial charge in [-0.2, -0.15) is 0 Å². The maximum atomic E-state index is 11.7. The number of carboxylic acids is 1. The highest BCUT2D eigenvalue weighted by atomic mass is 16.6. The molecule has 0 radical (unpaired) electrons. The van der Waals surface area contributed by atoms with Crippen molar-refractivity contribution in [2.45, 2.75) is 96.8 Å². The quantitative estimate of drug-likeness (QED) is 0.0958. The van der Waals surface area contributed by atoms with Crippen molar-refractivity contribution in [3.63, 3.8) is 0 Å². The molecule has 0 spiro atoms. The van der Waals surface area contributed by atoms with Crippen molar-refractivity contribution in [3.8, 4) is 0 Å². The molecule has 0 unspecified atom stereocenters. The molecule has 0 aliphatic heterocycles. The van der Waals surface area contributed by atoms with Gasteiger partial charge in [0.2, 0.25) is 11.6 Å². The van der Waals surface area contributed by atoms with E-state index in [1.165, 1.54) is 108 Å². The molecular formula is C27H41N5O4. The van der Waals surface area contributed by atoms with Gasteiger partial charge in [-0.25, -0.2) is 14.8 Å². The molecule has 9 heteroatoms. The number of nitro groups is 1. The first-order valence-electron chi connectivity index (χ1n) is 13.4. The summed E-state index contributed by atoms with van der Waals surface area (Å²) in [5.41, 5.74) is 0.401. The van der Waals surface area contributed by atoms with Crippen LogP contribution in [-0.4, -0.2) is 32.5 Å². The topological polar surface area (TPSA) is 130 Å². The Morgan fingerprint density at radius 3 is 1.83 bits per heavy atom. The predicted octanol–water partition coefficient (Wildman–Crippen LogP) is 7.72. The number of hydrogen-bond acceptors (Lipinski definition) is 7. The number of nitrogens with one attached hydrogen (secondary N) is 2. The number of unbranched alkanes of at least 4 members (excludes halogenated alkanes) is 13. The summed E-state index contributed by atoms with van der Waals surface area (Å²) < 4.78 is 0. The minimum Gasteiger partial charge on any atom is -0.478 e. The SMILES string of the molecule is CCCCCCCCCCCCCCCCNc1ncnc(Nc2ccc(C(=O)O)cc2)c1[N+](=O)[O-]. The van der Waals surface area contributed by atoms with E-state index in [1.807, 2.05) is 0 Å². The molecule has 0 amide bonds. The Hall–Kier alpha value is -3.23. The van der Waals surface area contributed by atoms with E-state index in [1.54, 1.807) is 0 Å². The number of rotatable bonds is 20. The molecule has 1 aromatic heterocycles. The molecule has 9 nitrogen and oxygen atoms in total. The molecule has 0 saturated carbocycles. The number of benzene rings is 1. The number of aromatic carboxylic acids is 1. The molecule has 1 heterocycles. The van der Waals surface area contributed by atoms with Crippen LogP contribution in [0.5, 0.6) is 0 Å². The fourth-order valence-corrected chi connectivity index (χ4v) is 4.13. The molecule has 36 heavy (non-hydrogen) atoms. The first-order valence-corrected chi connectivity index (χ1v) is 13.4. The van der Waals surface area contributed by atoms with Gasteiger partial charge in [-0.05, 0) is 30.7 Å². The van der Waals surface area contributed by atoms with Crippen LogP contribution in [0.25, 0.3) is 0 Å². The first kappa shape index (κ1) is 29.0. The van der Waals surface area contributed by atoms with Crippen molar-refractivity contribution in [2.75, 3.05) is 17.2 Å². The number of hydrogen-bond donors (Lipinski definition) is 3. The molecule has 1 aromatic carbocycles. The van der Waals surface area contributed by atoms with Crippen LogP contribution in [0.4, 0.5) is 23.0 Å². The van der Waals surface area contributed by atoms with Gasteiger partial charge in [0.1, 0.15) is 6.33 Å². The predicted molar refractivity (Wildman–Crippen MR) is 144 cm³/mol. The second-order valence-corrected chi connectivity index (χ2v) is 9.21. The highest BCUT2D eigenvalue weighted by Crippen LogP contribution is 2.31. The minimum absolute atomic E-state index is 0.0570. The van der Waals surface area contributed by atoms with Crippen LogP contribution in [0.3, 0.4) is 0 Å². The molecule has 0 aliphatic carbocycles. The monoisotopic (exact) mass is 499 g/mol. The van der Waals surface area contributed by atoms with Gasteiger partial charge >= 0.3 is 11.7 Å². The van der Waals surface area contributed by atoms with Gasteiger partial charge in [-0.3, -0.25) is 10.1 Å². The Kier molecular flexibility index (Phi) is 13.9. The van der Waals surface area contributed by atoms with E-state index in [9.17, 15) is 14.9 Å². The summed E-state index contributed by atoms with van der Waals surface area (Å²) >= 11 is 0. The molecule has 3 N–H and O–H groups in total. The summed E-state index contributed by atoms with van der Waals surface area (Å²) in [6.45, 7) is 2.85. The number of carboxylic acid groups (broad SMARTS) is 1. The number of carbonyl (C=O) groups is 1. The number of nitrogens with zero attached hydrogens (tertiary/aromatic N) is 3. The van der Waals surface area contributed by atoms with E-state index in [0.29, 0.717) is 12.2 Å². The van der Waals surface area contributed by atoms with Crippen LogP contribution >= 0.6 is 0 Å². The standard InChI is InChI=1S/C27H41N5O4/c1-2-3-4-5-6-7-8-9-10-11-12-13-14-15-20-28-25-24(32(35)36)26(30-21-29-25)31-23-18-16-22(17-19-23)27(33)34/h16-19,21H,2-15,20H2,1H3,(H,33,34)(H2,28,29,30,31). The van der Waals surface area contributed by atoms with Crippen LogP contribution in [0, 0.1) is 10.1 Å². The summed E-state index contributed by atoms with van der Waals surface area (Å²) in [5, 5.41) is 26.7. The first-order chi connectivity index (χ1) is 17.5. The van der Waals surface area contributed by atoms with Gasteiger partial charge in [-0.15, -0.1) is 0 Å². The van der Waals surface area contributed by atoms with Gasteiger partial charge in [0.05, 0.1) is 10.5 Å². The molecule has 0 saturated heterocycles. The Labute approximate surface area is 214 Å². The van der Waals surface area contributed by atoms with Crippen molar-refractivity contribution < 1.29 is 14.8 Å². The lowest BCUT2D eigenvalue weighted by Crippen LogP contribution is -2.09. The Morgan fingerprint density at radius 1 is 0.833 bits per heavy atom. The lowest BCUT2D eigenvalue weighted by atomic mass is 10.0. The molecule has 2 aromatic rings. The fraction of sp³-hybridized carbons (Fsp3) is 0.593. The molecule has 0 aliphatic rings. The third-order valence-electron chi connectivity index (χ3n) is 6.22. The third-order valence-corrected chi connectivity index (χ3v) is 6.22. The van der Waals surface area contributed by atoms with E-state index in [2.05, 4.69) is 27.5 Å². The largest absolute Gasteiger partial charge is 0.478 e. The van der Waals surface area contributed by atoms with Gasteiger partial charge in [0.15, 0.2) is 0 Å². The maximum absolute atomic E-state index is 11.7. The Balaban J connectivity index is 1.66. The average Bonchev–Trinajstić information content (AvgIpc) is 2.86. The van der Waals surface area contributed by atoms with Gasteiger partial charge in [0, 0.05) is 12.2 Å². The van der Waals surface area contributed by atoms with E-state index in [-0.39, 0.29) is 22.9 Å². The zero-order valence-corrected chi connectivity index (χ0v) is 21.5. The molecule has 198 valence electrons. The van der Waals surface area contributed by atoms with E-state index >= 15 is 0 Å². The zero-order chi connectivity index (χ0) is 26.0. The molecular weight excluding hydrogens is 458 g/mol. The van der Waals surface area contributed by atoms with Crippen molar-refractivity contribution in [1.82, 2.24) is 9.97 Å². The highest BCUT2D eigenvalue weighted by Gasteiger charge is 2.23. The van der Waals surface area contributed by atoms with Crippen LogP contribution < -0.4 is 10.6 Å². The summed E-state index contributed by atoms with van der Waals surface area (Å²) in [7, 11) is 0. The minimum atomic E-state index is -1.04. The molecule has 0 atom stereocenters. The Bertz CT molecular complexity index is 921. The van der Waals surface area contributed by atoms with Crippen molar-refractivity contribution >= 4 is 29.0 Å². The normalized spacial score (nSPS) is 10.8. The van der Waals surface area contributed by atoms with Crippen molar-refractivity contribution in [3.05, 3.63) is 46.3 Å². The van der Waals surface area contributed by atoms with Crippen LogP contribution in [-0.2, 0) is 0 Å². The van der Waals surface area contributed by atoms with Crippen LogP contribution in [0.1, 0.15) is 107 Å². The van der Waals surface area contributed by atoms with E-state index in [4.69, 9.17) is 5.11 Å². The number of aromatic nitrogens is 2. The maximum Gasteiger partial charge on any atom is 0.353 e. The van der Waals surface area contributed by atoms with E-state index in [0.717, 1.165) is 12.8 Å². The lowest BCUT2D eigenvalue weighted by Gasteiger charge is -2.10. The third kappa shape index (κ3) is 11.0. The molecule has 0 bridgehead atoms. The second-order valence-electron chi connectivity index (χ2n) is 9.21. The fourth-order valence-electron chi connectivity index (χ4n) is 4.13. The van der Waals surface area contributed by atoms with Crippen LogP contribution in [0.15, 0.2) is 30.6 Å². The second kappa shape index (κ2) is 17.2.